The Morgan fingerprint density at radius 2 is 2.05 bits per heavy atom. The zero-order valence-electron chi connectivity index (χ0n) is 12.3. The van der Waals surface area contributed by atoms with Crippen molar-refractivity contribution in [2.45, 2.75) is 25.3 Å². The molecule has 3 rings (SSSR count). The quantitative estimate of drug-likeness (QED) is 0.856. The number of hydrogen-bond acceptors (Lipinski definition) is 3. The van der Waals surface area contributed by atoms with Crippen LogP contribution in [0.1, 0.15) is 18.4 Å². The van der Waals surface area contributed by atoms with Gasteiger partial charge in [-0.05, 0) is 30.5 Å². The Morgan fingerprint density at radius 3 is 2.68 bits per heavy atom. The summed E-state index contributed by atoms with van der Waals surface area (Å²) in [4.78, 5) is 27.4. The van der Waals surface area contributed by atoms with E-state index in [-0.39, 0.29) is 30.3 Å². The molecule has 0 atom stereocenters. The topological polar surface area (TPSA) is 49.9 Å². The number of cyclic esters (lactones) is 1. The van der Waals surface area contributed by atoms with E-state index in [4.69, 9.17) is 4.74 Å². The number of ether oxygens (including phenoxy) is 1. The molecular formula is C16H19FN2O3. The van der Waals surface area contributed by atoms with Crippen molar-refractivity contribution < 1.29 is 18.7 Å². The summed E-state index contributed by atoms with van der Waals surface area (Å²) in [5, 5.41) is 0. The second-order valence-corrected chi connectivity index (χ2v) is 5.73. The normalized spacial score (nSPS) is 19.4. The van der Waals surface area contributed by atoms with E-state index in [0.29, 0.717) is 31.8 Å². The molecule has 2 heterocycles. The van der Waals surface area contributed by atoms with Crippen LogP contribution in [0.25, 0.3) is 0 Å². The first-order valence-electron chi connectivity index (χ1n) is 7.59. The molecule has 5 nitrogen and oxygen atoms in total. The Bertz CT molecular complexity index is 570. The highest BCUT2D eigenvalue weighted by Crippen LogP contribution is 2.20. The number of carbonyl (C=O) groups excluding carboxylic acids is 2. The van der Waals surface area contributed by atoms with Crippen LogP contribution < -0.4 is 0 Å². The number of amides is 2. The molecule has 2 fully saturated rings. The fourth-order valence-electron chi connectivity index (χ4n) is 3.10. The van der Waals surface area contributed by atoms with Crippen LogP contribution in [0.4, 0.5) is 9.18 Å². The van der Waals surface area contributed by atoms with Crippen molar-refractivity contribution in [2.24, 2.45) is 0 Å². The Kier molecular flexibility index (Phi) is 4.27. The van der Waals surface area contributed by atoms with E-state index in [1.807, 2.05) is 0 Å². The molecule has 0 bridgehead atoms. The second-order valence-electron chi connectivity index (χ2n) is 5.73. The molecule has 0 aromatic heterocycles. The van der Waals surface area contributed by atoms with Gasteiger partial charge in [-0.1, -0.05) is 12.1 Å². The highest BCUT2D eigenvalue weighted by Gasteiger charge is 2.33. The van der Waals surface area contributed by atoms with Gasteiger partial charge in [0.05, 0.1) is 13.0 Å². The average molecular weight is 306 g/mol. The Hall–Kier alpha value is -2.11. The van der Waals surface area contributed by atoms with Gasteiger partial charge in [-0.3, -0.25) is 4.79 Å². The Labute approximate surface area is 128 Å². The number of piperidine rings is 1. The molecule has 2 aliphatic heterocycles. The maximum absolute atomic E-state index is 13.1. The van der Waals surface area contributed by atoms with Gasteiger partial charge in [0.2, 0.25) is 5.91 Å². The molecule has 0 spiro atoms. The third-order valence-electron chi connectivity index (χ3n) is 4.29. The van der Waals surface area contributed by atoms with Crippen LogP contribution in [0.15, 0.2) is 24.3 Å². The van der Waals surface area contributed by atoms with Crippen molar-refractivity contribution in [1.82, 2.24) is 9.80 Å². The molecule has 6 heteroatoms. The van der Waals surface area contributed by atoms with Crippen molar-refractivity contribution in [3.05, 3.63) is 35.6 Å². The fraction of sp³-hybridized carbons (Fsp3) is 0.500. The first-order chi connectivity index (χ1) is 10.6. The minimum absolute atomic E-state index is 0.00745. The molecule has 118 valence electrons. The van der Waals surface area contributed by atoms with E-state index >= 15 is 0 Å². The van der Waals surface area contributed by atoms with Crippen LogP contribution in [0.2, 0.25) is 0 Å². The van der Waals surface area contributed by atoms with Crippen LogP contribution >= 0.6 is 0 Å². The van der Waals surface area contributed by atoms with Gasteiger partial charge in [-0.25, -0.2) is 9.18 Å². The van der Waals surface area contributed by atoms with Crippen molar-refractivity contribution in [3.63, 3.8) is 0 Å². The zero-order chi connectivity index (χ0) is 15.5. The second kappa shape index (κ2) is 6.34. The van der Waals surface area contributed by atoms with E-state index in [1.165, 1.54) is 12.1 Å². The molecule has 0 N–H and O–H groups in total. The van der Waals surface area contributed by atoms with Crippen molar-refractivity contribution in [1.29, 1.82) is 0 Å². The summed E-state index contributed by atoms with van der Waals surface area (Å²) in [5.41, 5.74) is 0.690. The molecule has 2 aliphatic rings. The number of rotatable bonds is 3. The lowest BCUT2D eigenvalue weighted by atomic mass is 10.0. The maximum Gasteiger partial charge on any atom is 0.410 e. The number of nitrogens with zero attached hydrogens (tertiary/aromatic N) is 2. The van der Waals surface area contributed by atoms with Gasteiger partial charge in [-0.15, -0.1) is 0 Å². The van der Waals surface area contributed by atoms with Crippen LogP contribution in [0, 0.1) is 5.82 Å². The average Bonchev–Trinajstić information content (AvgIpc) is 2.93. The van der Waals surface area contributed by atoms with Crippen LogP contribution in [0.3, 0.4) is 0 Å². The molecule has 2 amide bonds. The predicted octanol–water partition coefficient (Wildman–Crippen LogP) is 1.81. The van der Waals surface area contributed by atoms with Crippen molar-refractivity contribution in [2.75, 3.05) is 26.2 Å². The van der Waals surface area contributed by atoms with Crippen molar-refractivity contribution in [3.8, 4) is 0 Å². The van der Waals surface area contributed by atoms with Gasteiger partial charge in [-0.2, -0.15) is 0 Å². The minimum atomic E-state index is -0.323. The lowest BCUT2D eigenvalue weighted by Crippen LogP contribution is -2.47. The van der Waals surface area contributed by atoms with Gasteiger partial charge < -0.3 is 14.5 Å². The molecule has 1 aromatic carbocycles. The van der Waals surface area contributed by atoms with Gasteiger partial charge in [0.15, 0.2) is 0 Å². The summed E-state index contributed by atoms with van der Waals surface area (Å²) in [5.74, 6) is -0.315. The zero-order valence-corrected chi connectivity index (χ0v) is 12.3. The smallest absolute Gasteiger partial charge is 0.410 e. The number of halogens is 1. The minimum Gasteiger partial charge on any atom is -0.448 e. The molecule has 0 aliphatic carbocycles. The van der Waals surface area contributed by atoms with Gasteiger partial charge in [0.25, 0.3) is 0 Å². The van der Waals surface area contributed by atoms with E-state index in [2.05, 4.69) is 0 Å². The lowest BCUT2D eigenvalue weighted by Gasteiger charge is -2.35. The summed E-state index contributed by atoms with van der Waals surface area (Å²) >= 11 is 0. The first-order valence-corrected chi connectivity index (χ1v) is 7.59. The van der Waals surface area contributed by atoms with Gasteiger partial charge >= 0.3 is 6.09 Å². The molecule has 0 radical (unpaired) electrons. The summed E-state index contributed by atoms with van der Waals surface area (Å²) in [6.07, 6.45) is 1.51. The molecule has 1 aromatic rings. The summed E-state index contributed by atoms with van der Waals surface area (Å²) in [6.45, 7) is 2.35. The maximum atomic E-state index is 13.1. The molecular weight excluding hydrogens is 287 g/mol. The fourth-order valence-corrected chi connectivity index (χ4v) is 3.10. The highest BCUT2D eigenvalue weighted by atomic mass is 19.1. The Morgan fingerprint density at radius 1 is 1.27 bits per heavy atom. The highest BCUT2D eigenvalue weighted by molar-refractivity contribution is 5.79. The largest absolute Gasteiger partial charge is 0.448 e. The predicted molar refractivity (Wildman–Crippen MR) is 77.8 cm³/mol. The number of likely N-dealkylation sites (tertiary alicyclic amines) is 1. The summed E-state index contributed by atoms with van der Waals surface area (Å²) in [6, 6.07) is 6.30. The standard InChI is InChI=1S/C16H19FN2O3/c17-13-3-1-2-12(10-13)11-15(20)18-6-4-14(5-7-18)19-8-9-22-16(19)21/h1-3,10,14H,4-9,11H2. The third kappa shape index (κ3) is 3.21. The number of carbonyl (C=O) groups is 2. The number of benzene rings is 1. The lowest BCUT2D eigenvalue weighted by molar-refractivity contribution is -0.131. The Balaban J connectivity index is 1.52. The SMILES string of the molecule is O=C(Cc1cccc(F)c1)N1CCC(N2CCOC2=O)CC1. The van der Waals surface area contributed by atoms with Crippen LogP contribution in [0.5, 0.6) is 0 Å². The van der Waals surface area contributed by atoms with E-state index in [1.54, 1.807) is 21.9 Å². The molecule has 22 heavy (non-hydrogen) atoms. The first kappa shape index (κ1) is 14.8. The molecule has 2 saturated heterocycles. The summed E-state index contributed by atoms with van der Waals surface area (Å²) < 4.78 is 18.1. The third-order valence-corrected chi connectivity index (χ3v) is 4.29. The van der Waals surface area contributed by atoms with E-state index < -0.39 is 0 Å². The van der Waals surface area contributed by atoms with Gasteiger partial charge in [0.1, 0.15) is 12.4 Å². The summed E-state index contributed by atoms with van der Waals surface area (Å²) in [7, 11) is 0. The van der Waals surface area contributed by atoms with Crippen LogP contribution in [-0.4, -0.2) is 54.1 Å². The molecule has 0 saturated carbocycles. The molecule has 0 unspecified atom stereocenters. The van der Waals surface area contributed by atoms with Gasteiger partial charge in [0, 0.05) is 19.1 Å². The number of hydrogen-bond donors (Lipinski definition) is 0. The monoisotopic (exact) mass is 306 g/mol. The van der Waals surface area contributed by atoms with E-state index in [0.717, 1.165) is 12.8 Å². The van der Waals surface area contributed by atoms with Crippen molar-refractivity contribution >= 4 is 12.0 Å². The van der Waals surface area contributed by atoms with Crippen LogP contribution in [-0.2, 0) is 16.0 Å². The van der Waals surface area contributed by atoms with E-state index in [9.17, 15) is 14.0 Å².